The van der Waals surface area contributed by atoms with Gasteiger partial charge in [0.05, 0.1) is 22.8 Å². The Morgan fingerprint density at radius 2 is 1.86 bits per heavy atom. The number of nitrogens with one attached hydrogen (secondary N) is 1. The molecular weight excluding hydrogens is 373 g/mol. The van der Waals surface area contributed by atoms with Gasteiger partial charge in [0.15, 0.2) is 0 Å². The van der Waals surface area contributed by atoms with Gasteiger partial charge in [-0.1, -0.05) is 45.0 Å². The summed E-state index contributed by atoms with van der Waals surface area (Å²) in [6, 6.07) is 14.0. The largest absolute Gasteiger partial charge is 0.347 e. The van der Waals surface area contributed by atoms with Gasteiger partial charge in [0.2, 0.25) is 5.91 Å². The Morgan fingerprint density at radius 1 is 1.18 bits per heavy atom. The maximum atomic E-state index is 13.3. The van der Waals surface area contributed by atoms with E-state index in [2.05, 4.69) is 31.1 Å². The molecule has 0 saturated carbocycles. The molecule has 148 valence electrons. The Bertz CT molecular complexity index is 960. The number of aromatic nitrogens is 2. The van der Waals surface area contributed by atoms with Crippen LogP contribution in [0.4, 0.5) is 4.39 Å². The molecule has 1 unspecified atom stereocenters. The SMILES string of the molecule is CSCc1nc2ccccc2n1CC(=O)NC(c1ccc(F)cc1)C(C)(C)C. The predicted octanol–water partition coefficient (Wildman–Crippen LogP) is 4.94. The lowest BCUT2D eigenvalue weighted by Gasteiger charge is -2.32. The fourth-order valence-electron chi connectivity index (χ4n) is 3.35. The van der Waals surface area contributed by atoms with Crippen LogP contribution in [0.1, 0.15) is 38.2 Å². The summed E-state index contributed by atoms with van der Waals surface area (Å²) in [7, 11) is 0. The van der Waals surface area contributed by atoms with Crippen molar-refractivity contribution in [3.63, 3.8) is 0 Å². The summed E-state index contributed by atoms with van der Waals surface area (Å²) in [5.74, 6) is 1.25. The fraction of sp³-hybridized carbons (Fsp3) is 0.364. The van der Waals surface area contributed by atoms with Crippen LogP contribution in [0.25, 0.3) is 11.0 Å². The monoisotopic (exact) mass is 399 g/mol. The highest BCUT2D eigenvalue weighted by atomic mass is 32.2. The van der Waals surface area contributed by atoms with Gasteiger partial charge in [-0.3, -0.25) is 4.79 Å². The molecular formula is C22H26FN3OS. The first-order valence-corrected chi connectivity index (χ1v) is 10.7. The number of hydrogen-bond acceptors (Lipinski definition) is 3. The summed E-state index contributed by atoms with van der Waals surface area (Å²) in [6.07, 6.45) is 2.02. The van der Waals surface area contributed by atoms with E-state index >= 15 is 0 Å². The normalized spacial score (nSPS) is 12.9. The molecule has 3 aromatic rings. The number of thioether (sulfide) groups is 1. The third-order valence-electron chi connectivity index (χ3n) is 4.68. The maximum Gasteiger partial charge on any atom is 0.240 e. The third kappa shape index (κ3) is 4.55. The molecule has 6 heteroatoms. The van der Waals surface area contributed by atoms with Crippen LogP contribution in [0.3, 0.4) is 0 Å². The van der Waals surface area contributed by atoms with Crippen LogP contribution in [0.5, 0.6) is 0 Å². The second-order valence-electron chi connectivity index (χ2n) is 7.95. The molecule has 0 aliphatic carbocycles. The van der Waals surface area contributed by atoms with Crippen molar-refractivity contribution in [2.75, 3.05) is 6.26 Å². The van der Waals surface area contributed by atoms with Crippen molar-refractivity contribution in [2.45, 2.75) is 39.1 Å². The first-order valence-electron chi connectivity index (χ1n) is 9.27. The summed E-state index contributed by atoms with van der Waals surface area (Å²) in [6.45, 7) is 6.39. The highest BCUT2D eigenvalue weighted by molar-refractivity contribution is 7.97. The van der Waals surface area contributed by atoms with Gasteiger partial charge in [0.25, 0.3) is 0 Å². The van der Waals surface area contributed by atoms with E-state index in [-0.39, 0.29) is 29.7 Å². The van der Waals surface area contributed by atoms with Gasteiger partial charge < -0.3 is 9.88 Å². The molecule has 0 saturated heterocycles. The average molecular weight is 400 g/mol. The van der Waals surface area contributed by atoms with E-state index < -0.39 is 0 Å². The number of amides is 1. The lowest BCUT2D eigenvalue weighted by Crippen LogP contribution is -2.38. The Kier molecular flexibility index (Phi) is 6.08. The first-order chi connectivity index (χ1) is 13.3. The Labute approximate surface area is 169 Å². The first kappa shape index (κ1) is 20.4. The van der Waals surface area contributed by atoms with Crippen LogP contribution in [-0.2, 0) is 17.1 Å². The number of nitrogens with zero attached hydrogens (tertiary/aromatic N) is 2. The quantitative estimate of drug-likeness (QED) is 0.638. The number of imidazole rings is 1. The molecule has 1 amide bonds. The van der Waals surface area contributed by atoms with Gasteiger partial charge in [0, 0.05) is 0 Å². The Morgan fingerprint density at radius 3 is 2.50 bits per heavy atom. The molecule has 4 nitrogen and oxygen atoms in total. The number of benzene rings is 2. The van der Waals surface area contributed by atoms with Crippen molar-refractivity contribution in [1.29, 1.82) is 0 Å². The fourth-order valence-corrected chi connectivity index (χ4v) is 3.83. The van der Waals surface area contributed by atoms with Crippen LogP contribution in [0, 0.1) is 11.2 Å². The average Bonchev–Trinajstić information content (AvgIpc) is 2.97. The lowest BCUT2D eigenvalue weighted by atomic mass is 9.82. The molecule has 3 rings (SSSR count). The lowest BCUT2D eigenvalue weighted by molar-refractivity contribution is -0.123. The number of hydrogen-bond donors (Lipinski definition) is 1. The van der Waals surface area contributed by atoms with Crippen molar-refractivity contribution >= 4 is 28.7 Å². The summed E-state index contributed by atoms with van der Waals surface area (Å²) in [4.78, 5) is 17.6. The van der Waals surface area contributed by atoms with Crippen molar-refractivity contribution in [3.8, 4) is 0 Å². The van der Waals surface area contributed by atoms with Gasteiger partial charge in [-0.05, 0) is 41.5 Å². The topological polar surface area (TPSA) is 46.9 Å². The van der Waals surface area contributed by atoms with E-state index in [4.69, 9.17) is 0 Å². The summed E-state index contributed by atoms with van der Waals surface area (Å²) < 4.78 is 15.3. The van der Waals surface area contributed by atoms with Gasteiger partial charge in [-0.25, -0.2) is 9.37 Å². The molecule has 1 heterocycles. The molecule has 0 bridgehead atoms. The highest BCUT2D eigenvalue weighted by Gasteiger charge is 2.28. The summed E-state index contributed by atoms with van der Waals surface area (Å²) in [5, 5.41) is 3.15. The van der Waals surface area contributed by atoms with E-state index in [9.17, 15) is 9.18 Å². The van der Waals surface area contributed by atoms with E-state index in [1.54, 1.807) is 23.9 Å². The number of para-hydroxylation sites is 2. The highest BCUT2D eigenvalue weighted by Crippen LogP contribution is 2.33. The van der Waals surface area contributed by atoms with Crippen LogP contribution < -0.4 is 5.32 Å². The number of halogens is 1. The molecule has 0 spiro atoms. The molecule has 0 fully saturated rings. The molecule has 2 aromatic carbocycles. The Balaban J connectivity index is 1.86. The minimum absolute atomic E-state index is 0.0882. The zero-order valence-electron chi connectivity index (χ0n) is 16.7. The minimum Gasteiger partial charge on any atom is -0.347 e. The summed E-state index contributed by atoms with van der Waals surface area (Å²) in [5.41, 5.74) is 2.52. The van der Waals surface area contributed by atoms with E-state index in [1.165, 1.54) is 12.1 Å². The van der Waals surface area contributed by atoms with E-state index in [1.807, 2.05) is 35.1 Å². The van der Waals surface area contributed by atoms with E-state index in [0.29, 0.717) is 0 Å². The number of fused-ring (bicyclic) bond motifs is 1. The van der Waals surface area contributed by atoms with Gasteiger partial charge >= 0.3 is 0 Å². The van der Waals surface area contributed by atoms with Crippen LogP contribution in [0.15, 0.2) is 48.5 Å². The van der Waals surface area contributed by atoms with Gasteiger partial charge in [-0.15, -0.1) is 0 Å². The van der Waals surface area contributed by atoms with Crippen molar-refractivity contribution in [3.05, 3.63) is 65.7 Å². The van der Waals surface area contributed by atoms with Crippen LogP contribution in [0.2, 0.25) is 0 Å². The van der Waals surface area contributed by atoms with Crippen LogP contribution in [-0.4, -0.2) is 21.7 Å². The van der Waals surface area contributed by atoms with Crippen molar-refractivity contribution in [2.24, 2.45) is 5.41 Å². The third-order valence-corrected chi connectivity index (χ3v) is 5.23. The number of carbonyl (C=O) groups is 1. The van der Waals surface area contributed by atoms with Gasteiger partial charge in [-0.2, -0.15) is 11.8 Å². The Hall–Kier alpha value is -2.34. The summed E-state index contributed by atoms with van der Waals surface area (Å²) >= 11 is 1.68. The molecule has 0 aliphatic heterocycles. The van der Waals surface area contributed by atoms with Crippen LogP contribution >= 0.6 is 11.8 Å². The maximum absolute atomic E-state index is 13.3. The number of rotatable bonds is 6. The van der Waals surface area contributed by atoms with E-state index in [0.717, 1.165) is 28.2 Å². The minimum atomic E-state index is -0.283. The smallest absolute Gasteiger partial charge is 0.240 e. The molecule has 28 heavy (non-hydrogen) atoms. The zero-order valence-corrected chi connectivity index (χ0v) is 17.5. The molecule has 0 aliphatic rings. The molecule has 1 atom stereocenters. The van der Waals surface area contributed by atoms with Crippen molar-refractivity contribution in [1.82, 2.24) is 14.9 Å². The molecule has 1 aromatic heterocycles. The van der Waals surface area contributed by atoms with Gasteiger partial charge in [0.1, 0.15) is 18.2 Å². The molecule has 0 radical (unpaired) electrons. The predicted molar refractivity (Wildman–Crippen MR) is 114 cm³/mol. The number of carbonyl (C=O) groups excluding carboxylic acids is 1. The second-order valence-corrected chi connectivity index (χ2v) is 8.82. The zero-order chi connectivity index (χ0) is 20.3. The second kappa shape index (κ2) is 8.35. The molecule has 1 N–H and O–H groups in total. The van der Waals surface area contributed by atoms with Crippen molar-refractivity contribution < 1.29 is 9.18 Å². The standard InChI is InChI=1S/C22H26FN3OS/c1-22(2,3)21(15-9-11-16(23)12-10-15)25-20(27)13-26-18-8-6-5-7-17(18)24-19(26)14-28-4/h5-12,21H,13-14H2,1-4H3,(H,25,27).